The molecule has 4 aromatic rings. The molecular weight excluding hydrogens is 571 g/mol. The predicted octanol–water partition coefficient (Wildman–Crippen LogP) is 5.15. The van der Waals surface area contributed by atoms with Crippen LogP contribution in [0.5, 0.6) is 17.2 Å². The van der Waals surface area contributed by atoms with Crippen LogP contribution < -0.4 is 19.5 Å². The van der Waals surface area contributed by atoms with Crippen molar-refractivity contribution in [1.29, 1.82) is 0 Å². The Hall–Kier alpha value is -4.19. The van der Waals surface area contributed by atoms with E-state index < -0.39 is 6.09 Å². The molecule has 41 heavy (non-hydrogen) atoms. The summed E-state index contributed by atoms with van der Waals surface area (Å²) in [7, 11) is 8.24. The van der Waals surface area contributed by atoms with Crippen molar-refractivity contribution in [3.05, 3.63) is 64.5 Å². The highest BCUT2D eigenvalue weighted by atomic mass is 35.5. The number of carbonyl (C=O) groups is 2. The van der Waals surface area contributed by atoms with Crippen molar-refractivity contribution in [2.24, 2.45) is 0 Å². The van der Waals surface area contributed by atoms with Crippen LogP contribution in [0.2, 0.25) is 10.0 Å². The number of amides is 2. The van der Waals surface area contributed by atoms with Crippen LogP contribution in [0, 0.1) is 0 Å². The van der Waals surface area contributed by atoms with Gasteiger partial charge in [-0.15, -0.1) is 0 Å². The Morgan fingerprint density at radius 2 is 1.54 bits per heavy atom. The number of carbonyl (C=O) groups excluding carboxylic acids is 2. The van der Waals surface area contributed by atoms with Crippen molar-refractivity contribution in [2.45, 2.75) is 6.54 Å². The number of fused-ring (bicyclic) bond motifs is 1. The molecule has 2 heterocycles. The van der Waals surface area contributed by atoms with Crippen molar-refractivity contribution >= 4 is 52.1 Å². The summed E-state index contributed by atoms with van der Waals surface area (Å²) in [6.45, 7) is 0.792. The molecule has 0 saturated heterocycles. The summed E-state index contributed by atoms with van der Waals surface area (Å²) < 4.78 is 16.4. The molecule has 0 spiro atoms. The average Bonchev–Trinajstić information content (AvgIpc) is 2.95. The fraction of sp³-hybridized carbons (Fsp3) is 0.250. The zero-order chi connectivity index (χ0) is 29.7. The molecule has 2 aromatic heterocycles. The molecule has 0 aliphatic heterocycles. The molecule has 0 aliphatic rings. The smallest absolute Gasteiger partial charge is 0.418 e. The summed E-state index contributed by atoms with van der Waals surface area (Å²) in [6.07, 6.45) is 3.85. The highest BCUT2D eigenvalue weighted by molar-refractivity contribution is 6.41. The Balaban J connectivity index is 1.54. The maximum atomic E-state index is 12.8. The van der Waals surface area contributed by atoms with Crippen LogP contribution in [0.4, 0.5) is 10.6 Å². The molecule has 1 N–H and O–H groups in total. The van der Waals surface area contributed by atoms with Crippen LogP contribution in [0.3, 0.4) is 0 Å². The Morgan fingerprint density at radius 1 is 0.878 bits per heavy atom. The summed E-state index contributed by atoms with van der Waals surface area (Å²) in [5, 5.41) is 3.14. The molecule has 2 amide bonds. The summed E-state index contributed by atoms with van der Waals surface area (Å²) in [6, 6.07) is 8.31. The van der Waals surface area contributed by atoms with Gasteiger partial charge in [0.2, 0.25) is 5.91 Å². The first kappa shape index (κ1) is 29.8. The molecule has 0 radical (unpaired) electrons. The lowest BCUT2D eigenvalue weighted by Gasteiger charge is -2.18. The Kier molecular flexibility index (Phi) is 9.43. The van der Waals surface area contributed by atoms with Gasteiger partial charge < -0.3 is 19.1 Å². The normalized spacial score (nSPS) is 10.9. The Morgan fingerprint density at radius 3 is 2.12 bits per heavy atom. The number of ether oxygens (including phenoxy) is 3. The number of halogens is 2. The number of rotatable bonds is 9. The molecule has 11 nitrogen and oxygen atoms in total. The van der Waals surface area contributed by atoms with E-state index in [1.165, 1.54) is 31.5 Å². The van der Waals surface area contributed by atoms with E-state index >= 15 is 0 Å². The second-order valence-electron chi connectivity index (χ2n) is 9.18. The van der Waals surface area contributed by atoms with Crippen molar-refractivity contribution in [3.8, 4) is 28.4 Å². The fourth-order valence-electron chi connectivity index (χ4n) is 4.00. The highest BCUT2D eigenvalue weighted by Gasteiger charge is 2.23. The number of hydrogen-bond acceptors (Lipinski definition) is 9. The number of aromatic nitrogens is 3. The van der Waals surface area contributed by atoms with Gasteiger partial charge in [-0.25, -0.2) is 14.8 Å². The second-order valence-corrected chi connectivity index (χ2v) is 9.93. The van der Waals surface area contributed by atoms with E-state index in [2.05, 4.69) is 20.3 Å². The molecular formula is C28H28Cl2N6O5. The van der Waals surface area contributed by atoms with Crippen LogP contribution >= 0.6 is 23.2 Å². The minimum Gasteiger partial charge on any atom is -0.495 e. The lowest BCUT2D eigenvalue weighted by molar-refractivity contribution is -0.129. The highest BCUT2D eigenvalue weighted by Crippen LogP contribution is 2.47. The summed E-state index contributed by atoms with van der Waals surface area (Å²) in [5.41, 5.74) is 2.57. The lowest BCUT2D eigenvalue weighted by Crippen LogP contribution is -2.34. The van der Waals surface area contributed by atoms with Gasteiger partial charge in [0.25, 0.3) is 0 Å². The van der Waals surface area contributed by atoms with Crippen molar-refractivity contribution in [3.63, 3.8) is 0 Å². The largest absolute Gasteiger partial charge is 0.495 e. The van der Waals surface area contributed by atoms with Crippen LogP contribution in [-0.2, 0) is 11.3 Å². The van der Waals surface area contributed by atoms with Crippen LogP contribution in [0.1, 0.15) is 5.56 Å². The zero-order valence-corrected chi connectivity index (χ0v) is 24.6. The minimum absolute atomic E-state index is 0.00107. The van der Waals surface area contributed by atoms with Gasteiger partial charge in [-0.2, -0.15) is 0 Å². The van der Waals surface area contributed by atoms with Gasteiger partial charge in [0.15, 0.2) is 5.75 Å². The molecule has 0 saturated carbocycles. The van der Waals surface area contributed by atoms with Gasteiger partial charge in [0.05, 0.1) is 30.8 Å². The first-order valence-electron chi connectivity index (χ1n) is 12.3. The molecule has 4 rings (SSSR count). The average molecular weight is 599 g/mol. The van der Waals surface area contributed by atoms with Gasteiger partial charge in [-0.05, 0) is 30.8 Å². The number of nitrogens with zero attached hydrogens (tertiary/aromatic N) is 5. The van der Waals surface area contributed by atoms with Gasteiger partial charge in [0, 0.05) is 56.4 Å². The van der Waals surface area contributed by atoms with E-state index in [-0.39, 0.29) is 28.2 Å². The first-order valence-corrected chi connectivity index (χ1v) is 13.0. The third-order valence-electron chi connectivity index (χ3n) is 6.05. The molecule has 0 unspecified atom stereocenters. The SMILES string of the molecule is COc1cc(OC)c(Cl)c(-c2ccc(OC(=O)Nc3ccc(CN(C)CC(=O)N(C)C)cn3)c3nccnc23)c1Cl. The molecule has 2 aromatic carbocycles. The number of nitrogens with one attached hydrogen (secondary N) is 1. The third kappa shape index (κ3) is 6.76. The molecule has 214 valence electrons. The monoisotopic (exact) mass is 598 g/mol. The molecule has 0 aliphatic carbocycles. The van der Waals surface area contributed by atoms with Gasteiger partial charge in [-0.3, -0.25) is 20.0 Å². The summed E-state index contributed by atoms with van der Waals surface area (Å²) in [4.78, 5) is 41.2. The van der Waals surface area contributed by atoms with Crippen LogP contribution in [0.25, 0.3) is 22.2 Å². The van der Waals surface area contributed by atoms with Gasteiger partial charge in [0.1, 0.15) is 28.4 Å². The maximum absolute atomic E-state index is 12.8. The zero-order valence-electron chi connectivity index (χ0n) is 23.1. The third-order valence-corrected chi connectivity index (χ3v) is 6.80. The van der Waals surface area contributed by atoms with Crippen LogP contribution in [0.15, 0.2) is 48.9 Å². The van der Waals surface area contributed by atoms with E-state index in [1.807, 2.05) is 18.0 Å². The number of benzene rings is 2. The van der Waals surface area contributed by atoms with E-state index in [0.29, 0.717) is 46.0 Å². The number of methoxy groups -OCH3 is 2. The summed E-state index contributed by atoms with van der Waals surface area (Å²) >= 11 is 13.3. The number of likely N-dealkylation sites (N-methyl/N-ethyl adjacent to an activating group) is 2. The molecule has 0 bridgehead atoms. The number of pyridine rings is 1. The molecule has 13 heteroatoms. The number of anilines is 1. The standard InChI is InChI=1S/C28H28Cl2N6O5/c1-35(2)22(37)15-36(3)14-16-6-9-21(33-13-16)34-28(38)41-18-8-7-17(26-27(18)32-11-10-31-26)23-24(29)19(39-4)12-20(40-5)25(23)30/h6-13H,14-15H2,1-5H3,(H,33,34,38). The quantitative estimate of drug-likeness (QED) is 0.279. The van der Waals surface area contributed by atoms with E-state index in [1.54, 1.807) is 44.6 Å². The minimum atomic E-state index is -0.766. The summed E-state index contributed by atoms with van der Waals surface area (Å²) in [5.74, 6) is 1.19. The lowest BCUT2D eigenvalue weighted by atomic mass is 10.0. The molecule has 0 atom stereocenters. The topological polar surface area (TPSA) is 119 Å². The van der Waals surface area contributed by atoms with Crippen molar-refractivity contribution < 1.29 is 23.8 Å². The van der Waals surface area contributed by atoms with E-state index in [9.17, 15) is 9.59 Å². The van der Waals surface area contributed by atoms with Gasteiger partial charge in [-0.1, -0.05) is 29.3 Å². The fourth-order valence-corrected chi connectivity index (χ4v) is 4.70. The van der Waals surface area contributed by atoms with Crippen molar-refractivity contribution in [1.82, 2.24) is 24.8 Å². The first-order chi connectivity index (χ1) is 19.6. The van der Waals surface area contributed by atoms with E-state index in [0.717, 1.165) is 5.56 Å². The molecule has 0 fully saturated rings. The van der Waals surface area contributed by atoms with Crippen molar-refractivity contribution in [2.75, 3.05) is 47.2 Å². The Bertz CT molecular complexity index is 1550. The van der Waals surface area contributed by atoms with Crippen LogP contribution in [-0.4, -0.2) is 78.7 Å². The maximum Gasteiger partial charge on any atom is 0.418 e. The number of hydrogen-bond donors (Lipinski definition) is 1. The second kappa shape index (κ2) is 13.0. The Labute approximate surface area is 247 Å². The van der Waals surface area contributed by atoms with E-state index in [4.69, 9.17) is 37.4 Å². The predicted molar refractivity (Wildman–Crippen MR) is 157 cm³/mol. The van der Waals surface area contributed by atoms with Gasteiger partial charge >= 0.3 is 6.09 Å².